The molecule has 2 heterocycles. The first-order chi connectivity index (χ1) is 16.5. The van der Waals surface area contributed by atoms with Crippen LogP contribution >= 0.6 is 0 Å². The number of nitrogens with one attached hydrogen (secondary N) is 1. The van der Waals surface area contributed by atoms with Gasteiger partial charge in [0.15, 0.2) is 11.4 Å². The predicted octanol–water partition coefficient (Wildman–Crippen LogP) is 6.42. The first-order valence-corrected chi connectivity index (χ1v) is 10.3. The molecule has 0 saturated carbocycles. The smallest absolute Gasteiger partial charge is 0.335 e. The van der Waals surface area contributed by atoms with Gasteiger partial charge in [-0.2, -0.15) is 0 Å². The second-order valence-corrected chi connectivity index (χ2v) is 7.56. The Morgan fingerprint density at radius 1 is 0.853 bits per heavy atom. The van der Waals surface area contributed by atoms with Gasteiger partial charge in [-0.1, -0.05) is 36.4 Å². The third-order valence-corrected chi connectivity index (χ3v) is 5.41. The van der Waals surface area contributed by atoms with Gasteiger partial charge in [0, 0.05) is 22.7 Å². The van der Waals surface area contributed by atoms with Crippen LogP contribution in [0.1, 0.15) is 10.4 Å². The zero-order chi connectivity index (χ0) is 23.7. The molecule has 0 aliphatic carbocycles. The van der Waals surface area contributed by atoms with E-state index < -0.39 is 5.97 Å². The van der Waals surface area contributed by atoms with E-state index in [-0.39, 0.29) is 28.6 Å². The average Bonchev–Trinajstić information content (AvgIpc) is 3.18. The lowest BCUT2D eigenvalue weighted by Crippen LogP contribution is -1.95. The third kappa shape index (κ3) is 3.84. The van der Waals surface area contributed by atoms with Gasteiger partial charge in [-0.3, -0.25) is 4.98 Å². The SMILES string of the molecule is O=C(O)c1cccc(-c2cccc(N=Nc3c(O)[nH]c4cc(-c5ccccn5)ccc34)c2O)c1. The van der Waals surface area contributed by atoms with Gasteiger partial charge in [-0.15, -0.1) is 10.2 Å². The molecule has 0 fully saturated rings. The Bertz CT molecular complexity index is 1560. The number of pyridine rings is 1. The number of aromatic nitrogens is 2. The number of carboxylic acids is 1. The van der Waals surface area contributed by atoms with Crippen molar-refractivity contribution in [3.8, 4) is 34.0 Å². The van der Waals surface area contributed by atoms with E-state index in [2.05, 4.69) is 20.2 Å². The molecule has 0 spiro atoms. The molecule has 34 heavy (non-hydrogen) atoms. The molecule has 0 saturated heterocycles. The number of fused-ring (bicyclic) bond motifs is 1. The van der Waals surface area contributed by atoms with Crippen molar-refractivity contribution in [3.63, 3.8) is 0 Å². The van der Waals surface area contributed by atoms with E-state index >= 15 is 0 Å². The Balaban J connectivity index is 1.50. The van der Waals surface area contributed by atoms with Crippen LogP contribution in [0.2, 0.25) is 0 Å². The summed E-state index contributed by atoms with van der Waals surface area (Å²) >= 11 is 0. The molecule has 0 amide bonds. The molecule has 0 aliphatic heterocycles. The Hall–Kier alpha value is -4.98. The number of nitrogens with zero attached hydrogens (tertiary/aromatic N) is 3. The summed E-state index contributed by atoms with van der Waals surface area (Å²) in [5, 5.41) is 39.4. The van der Waals surface area contributed by atoms with Crippen molar-refractivity contribution in [2.24, 2.45) is 10.2 Å². The van der Waals surface area contributed by atoms with Crippen molar-refractivity contribution in [2.75, 3.05) is 0 Å². The summed E-state index contributed by atoms with van der Waals surface area (Å²) < 4.78 is 0. The number of aromatic carboxylic acids is 1. The van der Waals surface area contributed by atoms with Crippen molar-refractivity contribution in [3.05, 3.63) is 90.6 Å². The molecule has 4 N–H and O–H groups in total. The van der Waals surface area contributed by atoms with Crippen molar-refractivity contribution < 1.29 is 20.1 Å². The van der Waals surface area contributed by atoms with E-state index in [1.54, 1.807) is 36.5 Å². The molecular formula is C26H18N4O4. The van der Waals surface area contributed by atoms with E-state index in [1.807, 2.05) is 36.4 Å². The molecule has 0 bridgehead atoms. The molecular weight excluding hydrogens is 432 g/mol. The van der Waals surface area contributed by atoms with Gasteiger partial charge in [0.1, 0.15) is 5.69 Å². The van der Waals surface area contributed by atoms with Gasteiger partial charge in [-0.05, 0) is 48.0 Å². The minimum atomic E-state index is -1.06. The number of carboxylic acid groups (broad SMARTS) is 1. The maximum Gasteiger partial charge on any atom is 0.335 e. The number of para-hydroxylation sites is 1. The number of phenolic OH excluding ortho intramolecular Hbond substituents is 1. The minimum absolute atomic E-state index is 0.109. The van der Waals surface area contributed by atoms with E-state index in [0.717, 1.165) is 11.3 Å². The summed E-state index contributed by atoms with van der Waals surface area (Å²) in [7, 11) is 0. The minimum Gasteiger partial charge on any atom is -0.505 e. The number of hydrogen-bond acceptors (Lipinski definition) is 6. The highest BCUT2D eigenvalue weighted by molar-refractivity contribution is 5.96. The van der Waals surface area contributed by atoms with Gasteiger partial charge in [0.2, 0.25) is 5.88 Å². The molecule has 8 heteroatoms. The number of rotatable bonds is 5. The van der Waals surface area contributed by atoms with E-state index in [0.29, 0.717) is 22.0 Å². The highest BCUT2D eigenvalue weighted by Crippen LogP contribution is 2.41. The third-order valence-electron chi connectivity index (χ3n) is 5.41. The van der Waals surface area contributed by atoms with Crippen LogP contribution in [0.15, 0.2) is 95.3 Å². The molecule has 5 aromatic rings. The van der Waals surface area contributed by atoms with Crippen LogP contribution in [-0.4, -0.2) is 31.3 Å². The summed E-state index contributed by atoms with van der Waals surface area (Å²) in [4.78, 5) is 18.5. The van der Waals surface area contributed by atoms with Crippen LogP contribution in [0.25, 0.3) is 33.3 Å². The Morgan fingerprint density at radius 2 is 1.71 bits per heavy atom. The van der Waals surface area contributed by atoms with Gasteiger partial charge in [0.25, 0.3) is 0 Å². The molecule has 2 aromatic heterocycles. The molecule has 0 atom stereocenters. The van der Waals surface area contributed by atoms with E-state index in [4.69, 9.17) is 0 Å². The number of aromatic amines is 1. The number of aromatic hydroxyl groups is 2. The molecule has 3 aromatic carbocycles. The largest absolute Gasteiger partial charge is 0.505 e. The second kappa shape index (κ2) is 8.51. The van der Waals surface area contributed by atoms with Crippen molar-refractivity contribution in [1.82, 2.24) is 9.97 Å². The van der Waals surface area contributed by atoms with Crippen molar-refractivity contribution in [2.45, 2.75) is 0 Å². The standard InChI is InChI=1S/C26H18N4O4/c31-24-18(15-5-3-6-17(13-15)26(33)34)7-4-9-21(24)29-30-23-19-11-10-16(14-22(19)28-25(23)32)20-8-1-2-12-27-20/h1-14,28,31-32H,(H,33,34). The fraction of sp³-hybridized carbons (Fsp3) is 0. The highest BCUT2D eigenvalue weighted by Gasteiger charge is 2.14. The fourth-order valence-electron chi connectivity index (χ4n) is 3.73. The van der Waals surface area contributed by atoms with Gasteiger partial charge >= 0.3 is 5.97 Å². The number of carbonyl (C=O) groups is 1. The van der Waals surface area contributed by atoms with Gasteiger partial charge in [0.05, 0.1) is 16.8 Å². The Kier molecular flexibility index (Phi) is 5.23. The number of H-pyrrole nitrogens is 1. The lowest BCUT2D eigenvalue weighted by molar-refractivity contribution is 0.0697. The fourth-order valence-corrected chi connectivity index (χ4v) is 3.73. The maximum absolute atomic E-state index is 11.3. The first-order valence-electron chi connectivity index (χ1n) is 10.3. The topological polar surface area (TPSA) is 131 Å². The maximum atomic E-state index is 11.3. The molecule has 0 radical (unpaired) electrons. The summed E-state index contributed by atoms with van der Waals surface area (Å²) in [6, 6.07) is 22.4. The van der Waals surface area contributed by atoms with Crippen molar-refractivity contribution >= 4 is 28.2 Å². The summed E-state index contributed by atoms with van der Waals surface area (Å²) in [6.07, 6.45) is 1.71. The Morgan fingerprint density at radius 3 is 2.50 bits per heavy atom. The van der Waals surface area contributed by atoms with Crippen LogP contribution in [0.3, 0.4) is 0 Å². The predicted molar refractivity (Wildman–Crippen MR) is 128 cm³/mol. The molecule has 5 rings (SSSR count). The number of hydrogen-bond donors (Lipinski definition) is 4. The lowest BCUT2D eigenvalue weighted by Gasteiger charge is -2.07. The molecule has 8 nitrogen and oxygen atoms in total. The average molecular weight is 450 g/mol. The van der Waals surface area contributed by atoms with Gasteiger partial charge in [-0.25, -0.2) is 4.79 Å². The van der Waals surface area contributed by atoms with Crippen LogP contribution < -0.4 is 0 Å². The van der Waals surface area contributed by atoms with Gasteiger partial charge < -0.3 is 20.3 Å². The quantitative estimate of drug-likeness (QED) is 0.229. The zero-order valence-electron chi connectivity index (χ0n) is 17.7. The zero-order valence-corrected chi connectivity index (χ0v) is 17.7. The Labute approximate surface area is 193 Å². The molecule has 0 unspecified atom stereocenters. The molecule has 166 valence electrons. The highest BCUT2D eigenvalue weighted by atomic mass is 16.4. The van der Waals surface area contributed by atoms with Crippen LogP contribution in [0.5, 0.6) is 11.6 Å². The summed E-state index contributed by atoms with van der Waals surface area (Å²) in [6.45, 7) is 0. The summed E-state index contributed by atoms with van der Waals surface area (Å²) in [5.74, 6) is -1.36. The first kappa shape index (κ1) is 20.9. The number of benzene rings is 3. The van der Waals surface area contributed by atoms with E-state index in [9.17, 15) is 20.1 Å². The summed E-state index contributed by atoms with van der Waals surface area (Å²) in [5.41, 5.74) is 3.82. The number of azo groups is 1. The van der Waals surface area contributed by atoms with Crippen LogP contribution in [0, 0.1) is 0 Å². The second-order valence-electron chi connectivity index (χ2n) is 7.56. The lowest BCUT2D eigenvalue weighted by atomic mass is 10.0. The molecule has 0 aliphatic rings. The van der Waals surface area contributed by atoms with Crippen LogP contribution in [-0.2, 0) is 0 Å². The van der Waals surface area contributed by atoms with Crippen LogP contribution in [0.4, 0.5) is 11.4 Å². The van der Waals surface area contributed by atoms with Crippen molar-refractivity contribution in [1.29, 1.82) is 0 Å². The number of phenols is 1. The monoisotopic (exact) mass is 450 g/mol. The normalized spacial score (nSPS) is 11.3. The van der Waals surface area contributed by atoms with E-state index in [1.165, 1.54) is 12.1 Å².